The highest BCUT2D eigenvalue weighted by molar-refractivity contribution is 5.92. The first-order valence-electron chi connectivity index (χ1n) is 10.0. The lowest BCUT2D eigenvalue weighted by atomic mass is 9.99. The fraction of sp³-hybridized carbons (Fsp3) is 0.200. The first-order chi connectivity index (χ1) is 14.3. The molecule has 0 spiro atoms. The number of unbranched alkanes of at least 4 members (excludes halogenated alkanes) is 1. The van der Waals surface area contributed by atoms with E-state index in [2.05, 4.69) is 23.2 Å². The van der Waals surface area contributed by atoms with Crippen molar-refractivity contribution in [3.8, 4) is 28.5 Å². The summed E-state index contributed by atoms with van der Waals surface area (Å²) in [6.07, 6.45) is 2.98. The monoisotopic (exact) mass is 386 g/mol. The van der Waals surface area contributed by atoms with E-state index in [0.29, 0.717) is 6.54 Å². The summed E-state index contributed by atoms with van der Waals surface area (Å²) in [4.78, 5) is 3.62. The van der Waals surface area contributed by atoms with Crippen LogP contribution >= 0.6 is 0 Å². The SMILES string of the molecule is COc1ccc2[nH]c(-c3ccccc3Oc3ccccc3)c(CCCCN)c2c1. The minimum Gasteiger partial charge on any atom is -0.497 e. The standard InChI is InChI=1S/C25H26N2O2/c1-28-19-14-15-23-22(17-19)20(11-7-8-16-26)25(27-23)21-12-5-6-13-24(21)29-18-9-3-2-4-10-18/h2-6,9-10,12-15,17,27H,7-8,11,16,26H2,1H3. The maximum absolute atomic E-state index is 6.22. The van der Waals surface area contributed by atoms with Crippen LogP contribution in [0.5, 0.6) is 17.2 Å². The van der Waals surface area contributed by atoms with Gasteiger partial charge < -0.3 is 20.2 Å². The van der Waals surface area contributed by atoms with Crippen molar-refractivity contribution >= 4 is 10.9 Å². The Morgan fingerprint density at radius 1 is 0.862 bits per heavy atom. The van der Waals surface area contributed by atoms with Crippen molar-refractivity contribution in [1.82, 2.24) is 4.98 Å². The number of aromatic nitrogens is 1. The van der Waals surface area contributed by atoms with Crippen LogP contribution in [0.15, 0.2) is 72.8 Å². The summed E-state index contributed by atoms with van der Waals surface area (Å²) in [5, 5.41) is 1.19. The molecule has 3 N–H and O–H groups in total. The van der Waals surface area contributed by atoms with Crippen LogP contribution in [0, 0.1) is 0 Å². The third-order valence-corrected chi connectivity index (χ3v) is 5.12. The number of benzene rings is 3. The lowest BCUT2D eigenvalue weighted by Gasteiger charge is -2.12. The van der Waals surface area contributed by atoms with E-state index in [1.165, 1.54) is 10.9 Å². The van der Waals surface area contributed by atoms with E-state index in [-0.39, 0.29) is 0 Å². The van der Waals surface area contributed by atoms with Gasteiger partial charge in [0.1, 0.15) is 17.2 Å². The predicted molar refractivity (Wildman–Crippen MR) is 119 cm³/mol. The Bertz CT molecular complexity index is 1090. The van der Waals surface area contributed by atoms with E-state index in [9.17, 15) is 0 Å². The number of hydrogen-bond donors (Lipinski definition) is 2. The summed E-state index contributed by atoms with van der Waals surface area (Å²) in [6.45, 7) is 0.703. The van der Waals surface area contributed by atoms with E-state index in [1.807, 2.05) is 54.6 Å². The zero-order chi connectivity index (χ0) is 20.1. The molecule has 0 fully saturated rings. The number of fused-ring (bicyclic) bond motifs is 1. The molecule has 148 valence electrons. The Balaban J connectivity index is 1.81. The van der Waals surface area contributed by atoms with E-state index in [4.69, 9.17) is 15.2 Å². The van der Waals surface area contributed by atoms with Crippen LogP contribution in [0.4, 0.5) is 0 Å². The van der Waals surface area contributed by atoms with Gasteiger partial charge in [-0.3, -0.25) is 0 Å². The maximum Gasteiger partial charge on any atom is 0.136 e. The summed E-state index contributed by atoms with van der Waals surface area (Å²) in [7, 11) is 1.70. The molecule has 0 saturated heterocycles. The minimum absolute atomic E-state index is 0.703. The van der Waals surface area contributed by atoms with Gasteiger partial charge in [0, 0.05) is 16.5 Å². The Morgan fingerprint density at radius 3 is 2.45 bits per heavy atom. The average Bonchev–Trinajstić information content (AvgIpc) is 3.12. The molecular weight excluding hydrogens is 360 g/mol. The predicted octanol–water partition coefficient (Wildman–Crippen LogP) is 5.92. The van der Waals surface area contributed by atoms with E-state index in [1.54, 1.807) is 7.11 Å². The molecule has 4 aromatic rings. The van der Waals surface area contributed by atoms with Gasteiger partial charge in [0.25, 0.3) is 0 Å². The van der Waals surface area contributed by atoms with Crippen molar-refractivity contribution in [3.05, 3.63) is 78.4 Å². The van der Waals surface area contributed by atoms with Crippen molar-refractivity contribution in [1.29, 1.82) is 0 Å². The Hall–Kier alpha value is -3.24. The zero-order valence-corrected chi connectivity index (χ0v) is 16.7. The highest BCUT2D eigenvalue weighted by Crippen LogP contribution is 2.39. The van der Waals surface area contributed by atoms with Crippen LogP contribution < -0.4 is 15.2 Å². The quantitative estimate of drug-likeness (QED) is 0.370. The van der Waals surface area contributed by atoms with Gasteiger partial charge in [0.05, 0.1) is 12.8 Å². The van der Waals surface area contributed by atoms with Crippen LogP contribution in [0.1, 0.15) is 18.4 Å². The van der Waals surface area contributed by atoms with Gasteiger partial charge >= 0.3 is 0 Å². The average molecular weight is 386 g/mol. The van der Waals surface area contributed by atoms with E-state index in [0.717, 1.165) is 53.3 Å². The molecule has 1 heterocycles. The Morgan fingerprint density at radius 2 is 1.66 bits per heavy atom. The fourth-order valence-electron chi connectivity index (χ4n) is 3.67. The maximum atomic E-state index is 6.22. The molecule has 0 atom stereocenters. The van der Waals surface area contributed by atoms with Gasteiger partial charge in [-0.15, -0.1) is 0 Å². The lowest BCUT2D eigenvalue weighted by Crippen LogP contribution is -1.99. The molecule has 0 unspecified atom stereocenters. The largest absolute Gasteiger partial charge is 0.497 e. The lowest BCUT2D eigenvalue weighted by molar-refractivity contribution is 0.415. The van der Waals surface area contributed by atoms with Crippen LogP contribution in [-0.2, 0) is 6.42 Å². The van der Waals surface area contributed by atoms with Gasteiger partial charge in [0.15, 0.2) is 0 Å². The summed E-state index contributed by atoms with van der Waals surface area (Å²) in [5.74, 6) is 2.51. The molecular formula is C25H26N2O2. The molecule has 0 radical (unpaired) electrons. The molecule has 0 aliphatic carbocycles. The second-order valence-corrected chi connectivity index (χ2v) is 7.05. The van der Waals surface area contributed by atoms with Crippen LogP contribution in [-0.4, -0.2) is 18.6 Å². The highest BCUT2D eigenvalue weighted by Gasteiger charge is 2.17. The summed E-state index contributed by atoms with van der Waals surface area (Å²) < 4.78 is 11.7. The number of para-hydroxylation sites is 2. The van der Waals surface area contributed by atoms with Gasteiger partial charge in [-0.2, -0.15) is 0 Å². The molecule has 4 rings (SSSR count). The Kier molecular flexibility index (Phi) is 5.82. The second kappa shape index (κ2) is 8.84. The number of nitrogens with one attached hydrogen (secondary N) is 1. The number of H-pyrrole nitrogens is 1. The van der Waals surface area contributed by atoms with Gasteiger partial charge in [-0.25, -0.2) is 0 Å². The van der Waals surface area contributed by atoms with E-state index >= 15 is 0 Å². The molecule has 3 aromatic carbocycles. The van der Waals surface area contributed by atoms with Crippen molar-refractivity contribution < 1.29 is 9.47 Å². The molecule has 4 heteroatoms. The number of nitrogens with two attached hydrogens (primary N) is 1. The highest BCUT2D eigenvalue weighted by atomic mass is 16.5. The number of methoxy groups -OCH3 is 1. The number of aromatic amines is 1. The second-order valence-electron chi connectivity index (χ2n) is 7.05. The molecule has 0 bridgehead atoms. The zero-order valence-electron chi connectivity index (χ0n) is 16.7. The fourth-order valence-corrected chi connectivity index (χ4v) is 3.67. The van der Waals surface area contributed by atoms with Crippen LogP contribution in [0.25, 0.3) is 22.2 Å². The van der Waals surface area contributed by atoms with Crippen LogP contribution in [0.2, 0.25) is 0 Å². The van der Waals surface area contributed by atoms with Crippen LogP contribution in [0.3, 0.4) is 0 Å². The number of ether oxygens (including phenoxy) is 2. The van der Waals surface area contributed by atoms with Gasteiger partial charge in [-0.1, -0.05) is 30.3 Å². The van der Waals surface area contributed by atoms with E-state index < -0.39 is 0 Å². The molecule has 0 amide bonds. The van der Waals surface area contributed by atoms with Crippen molar-refractivity contribution in [2.45, 2.75) is 19.3 Å². The van der Waals surface area contributed by atoms with Crippen molar-refractivity contribution in [2.24, 2.45) is 5.73 Å². The first-order valence-corrected chi connectivity index (χ1v) is 10.0. The number of rotatable bonds is 8. The van der Waals surface area contributed by atoms with Crippen molar-refractivity contribution in [2.75, 3.05) is 13.7 Å². The van der Waals surface area contributed by atoms with Gasteiger partial charge in [-0.05, 0) is 73.8 Å². The normalized spacial score (nSPS) is 11.0. The van der Waals surface area contributed by atoms with Gasteiger partial charge in [0.2, 0.25) is 0 Å². The molecule has 0 saturated carbocycles. The smallest absolute Gasteiger partial charge is 0.136 e. The Labute approximate surface area is 171 Å². The number of aryl methyl sites for hydroxylation is 1. The molecule has 1 aromatic heterocycles. The summed E-state index contributed by atoms with van der Waals surface area (Å²) in [6, 6.07) is 24.2. The van der Waals surface area contributed by atoms with Crippen molar-refractivity contribution in [3.63, 3.8) is 0 Å². The topological polar surface area (TPSA) is 60.3 Å². The number of hydrogen-bond acceptors (Lipinski definition) is 3. The molecule has 0 aliphatic heterocycles. The first kappa shape index (κ1) is 19.1. The minimum atomic E-state index is 0.703. The molecule has 4 nitrogen and oxygen atoms in total. The summed E-state index contributed by atoms with van der Waals surface area (Å²) in [5.41, 5.74) is 10.3. The molecule has 0 aliphatic rings. The molecule has 29 heavy (non-hydrogen) atoms. The third-order valence-electron chi connectivity index (χ3n) is 5.12. The third kappa shape index (κ3) is 4.13. The summed E-state index contributed by atoms with van der Waals surface area (Å²) >= 11 is 0.